The average Bonchev–Trinajstić information content (AvgIpc) is 3.05. The number of nitro benzene ring substituents is 1. The number of thioether (sulfide) groups is 1. The number of amides is 2. The zero-order valence-corrected chi connectivity index (χ0v) is 17.9. The second-order valence-electron chi connectivity index (χ2n) is 6.43. The second-order valence-corrected chi connectivity index (χ2v) is 7.42. The van der Waals surface area contributed by atoms with Gasteiger partial charge in [0.2, 0.25) is 0 Å². The number of nitrogens with zero attached hydrogens (tertiary/aromatic N) is 2. The van der Waals surface area contributed by atoms with Gasteiger partial charge in [-0.3, -0.25) is 29.4 Å². The highest BCUT2D eigenvalue weighted by atomic mass is 32.2. The normalized spacial score (nSPS) is 14.6. The predicted octanol–water partition coefficient (Wildman–Crippen LogP) is 3.39. The monoisotopic (exact) mass is 458 g/mol. The Bertz CT molecular complexity index is 1110. The van der Waals surface area contributed by atoms with E-state index in [4.69, 9.17) is 9.47 Å². The molecule has 166 valence electrons. The molecule has 0 radical (unpaired) electrons. The summed E-state index contributed by atoms with van der Waals surface area (Å²) in [6.07, 6.45) is 1.50. The Kier molecular flexibility index (Phi) is 7.11. The molecule has 0 saturated carbocycles. The number of methoxy groups -OCH3 is 2. The first-order chi connectivity index (χ1) is 15.3. The van der Waals surface area contributed by atoms with Crippen LogP contribution in [0.4, 0.5) is 10.5 Å². The van der Waals surface area contributed by atoms with E-state index in [1.54, 1.807) is 36.4 Å². The average molecular weight is 458 g/mol. The highest BCUT2D eigenvalue weighted by molar-refractivity contribution is 8.18. The van der Waals surface area contributed by atoms with E-state index in [2.05, 4.69) is 4.74 Å². The van der Waals surface area contributed by atoms with Crippen LogP contribution in [0.2, 0.25) is 0 Å². The van der Waals surface area contributed by atoms with Crippen molar-refractivity contribution in [2.75, 3.05) is 20.8 Å². The third-order valence-electron chi connectivity index (χ3n) is 4.45. The van der Waals surface area contributed by atoms with Gasteiger partial charge in [0.1, 0.15) is 13.2 Å². The van der Waals surface area contributed by atoms with Gasteiger partial charge in [-0.05, 0) is 41.6 Å². The molecule has 32 heavy (non-hydrogen) atoms. The molecular formula is C21H18N2O8S. The third-order valence-corrected chi connectivity index (χ3v) is 5.35. The third kappa shape index (κ3) is 5.06. The maximum absolute atomic E-state index is 12.4. The number of para-hydroxylation sites is 1. The fraction of sp³-hybridized carbons (Fsp3) is 0.190. The Hall–Kier alpha value is -3.86. The molecule has 1 aliphatic heterocycles. The molecule has 2 amide bonds. The van der Waals surface area contributed by atoms with E-state index >= 15 is 0 Å². The number of rotatable bonds is 8. The molecule has 1 saturated heterocycles. The molecule has 0 unspecified atom stereocenters. The zero-order valence-electron chi connectivity index (χ0n) is 17.1. The molecule has 1 heterocycles. The van der Waals surface area contributed by atoms with Gasteiger partial charge in [-0.25, -0.2) is 0 Å². The summed E-state index contributed by atoms with van der Waals surface area (Å²) in [4.78, 5) is 47.5. The van der Waals surface area contributed by atoms with Crippen LogP contribution in [0.3, 0.4) is 0 Å². The Labute approximate surface area is 186 Å². The van der Waals surface area contributed by atoms with Crippen LogP contribution in [0, 0.1) is 10.1 Å². The summed E-state index contributed by atoms with van der Waals surface area (Å²) in [5, 5.41) is 10.6. The fourth-order valence-corrected chi connectivity index (χ4v) is 3.68. The molecule has 10 nitrogen and oxygen atoms in total. The summed E-state index contributed by atoms with van der Waals surface area (Å²) >= 11 is 0.713. The van der Waals surface area contributed by atoms with Crippen molar-refractivity contribution in [3.05, 3.63) is 68.6 Å². The fourth-order valence-electron chi connectivity index (χ4n) is 2.84. The lowest BCUT2D eigenvalue weighted by Gasteiger charge is -2.12. The molecular weight excluding hydrogens is 440 g/mol. The maximum atomic E-state index is 12.4. The maximum Gasteiger partial charge on any atom is 0.325 e. The van der Waals surface area contributed by atoms with Crippen molar-refractivity contribution in [2.24, 2.45) is 0 Å². The number of carbonyl (C=O) groups excluding carboxylic acids is 3. The van der Waals surface area contributed by atoms with Crippen molar-refractivity contribution < 1.29 is 33.5 Å². The lowest BCUT2D eigenvalue weighted by atomic mass is 10.1. The molecule has 0 N–H and O–H groups in total. The Morgan fingerprint density at radius 1 is 1.16 bits per heavy atom. The van der Waals surface area contributed by atoms with Crippen LogP contribution < -0.4 is 9.47 Å². The van der Waals surface area contributed by atoms with Crippen molar-refractivity contribution in [2.45, 2.75) is 6.61 Å². The van der Waals surface area contributed by atoms with Gasteiger partial charge in [-0.1, -0.05) is 18.2 Å². The summed E-state index contributed by atoms with van der Waals surface area (Å²) in [5.41, 5.74) is 0.914. The molecule has 11 heteroatoms. The first-order valence-corrected chi connectivity index (χ1v) is 10.0. The zero-order chi connectivity index (χ0) is 23.3. The molecule has 0 atom stereocenters. The quantitative estimate of drug-likeness (QED) is 0.253. The number of esters is 1. The molecule has 0 aliphatic carbocycles. The molecule has 2 aromatic rings. The standard InChI is InChI=1S/C21H18N2O8S/c1-29-17-9-13(10-18-20(25)22(21(26)32-18)11-19(24)30-2)7-8-16(17)31-12-14-5-3-4-6-15(14)23(27)28/h3-10H,11-12H2,1-2H3/b18-10-. The number of ether oxygens (including phenoxy) is 3. The van der Waals surface area contributed by atoms with Crippen LogP contribution in [-0.4, -0.2) is 47.7 Å². The summed E-state index contributed by atoms with van der Waals surface area (Å²) in [5.74, 6) is -0.607. The molecule has 3 rings (SSSR count). The number of carbonyl (C=O) groups is 3. The van der Waals surface area contributed by atoms with E-state index in [9.17, 15) is 24.5 Å². The predicted molar refractivity (Wildman–Crippen MR) is 115 cm³/mol. The van der Waals surface area contributed by atoms with Crippen molar-refractivity contribution >= 4 is 40.6 Å². The van der Waals surface area contributed by atoms with E-state index < -0.39 is 28.6 Å². The number of hydrogen-bond acceptors (Lipinski definition) is 9. The Morgan fingerprint density at radius 3 is 2.59 bits per heavy atom. The second kappa shape index (κ2) is 9.96. The Balaban J connectivity index is 1.77. The molecule has 2 aromatic carbocycles. The van der Waals surface area contributed by atoms with Crippen LogP contribution >= 0.6 is 11.8 Å². The van der Waals surface area contributed by atoms with E-state index in [1.807, 2.05) is 0 Å². The number of hydrogen-bond donors (Lipinski definition) is 0. The first-order valence-electron chi connectivity index (χ1n) is 9.19. The van der Waals surface area contributed by atoms with Crippen molar-refractivity contribution in [3.63, 3.8) is 0 Å². The number of benzene rings is 2. The number of nitro groups is 1. The summed E-state index contributed by atoms with van der Waals surface area (Å²) < 4.78 is 15.5. The van der Waals surface area contributed by atoms with Gasteiger partial charge in [0.15, 0.2) is 11.5 Å². The van der Waals surface area contributed by atoms with Gasteiger partial charge in [0.05, 0.1) is 29.6 Å². The van der Waals surface area contributed by atoms with Gasteiger partial charge in [-0.15, -0.1) is 0 Å². The topological polar surface area (TPSA) is 125 Å². The van der Waals surface area contributed by atoms with Gasteiger partial charge in [-0.2, -0.15) is 0 Å². The van der Waals surface area contributed by atoms with Crippen LogP contribution in [-0.2, 0) is 20.9 Å². The molecule has 0 bridgehead atoms. The van der Waals surface area contributed by atoms with Crippen LogP contribution in [0.5, 0.6) is 11.5 Å². The Morgan fingerprint density at radius 2 is 1.91 bits per heavy atom. The van der Waals surface area contributed by atoms with E-state index in [-0.39, 0.29) is 17.2 Å². The van der Waals surface area contributed by atoms with Crippen molar-refractivity contribution in [3.8, 4) is 11.5 Å². The van der Waals surface area contributed by atoms with E-state index in [0.29, 0.717) is 34.4 Å². The summed E-state index contributed by atoms with van der Waals surface area (Å²) in [6, 6.07) is 11.1. The minimum Gasteiger partial charge on any atom is -0.493 e. The molecule has 1 aliphatic rings. The van der Waals surface area contributed by atoms with Gasteiger partial charge in [0, 0.05) is 6.07 Å². The first kappa shape index (κ1) is 22.8. The summed E-state index contributed by atoms with van der Waals surface area (Å²) in [7, 11) is 2.60. The minimum atomic E-state index is -0.699. The van der Waals surface area contributed by atoms with Crippen molar-refractivity contribution in [1.29, 1.82) is 0 Å². The van der Waals surface area contributed by atoms with Crippen LogP contribution in [0.25, 0.3) is 6.08 Å². The van der Waals surface area contributed by atoms with E-state index in [1.165, 1.54) is 26.4 Å². The highest BCUT2D eigenvalue weighted by Crippen LogP contribution is 2.35. The van der Waals surface area contributed by atoms with Gasteiger partial charge < -0.3 is 14.2 Å². The van der Waals surface area contributed by atoms with E-state index in [0.717, 1.165) is 4.90 Å². The van der Waals surface area contributed by atoms with Crippen LogP contribution in [0.1, 0.15) is 11.1 Å². The molecule has 0 spiro atoms. The molecule has 1 fully saturated rings. The molecule has 0 aromatic heterocycles. The van der Waals surface area contributed by atoms with Crippen molar-refractivity contribution in [1.82, 2.24) is 4.90 Å². The highest BCUT2D eigenvalue weighted by Gasteiger charge is 2.36. The van der Waals surface area contributed by atoms with Gasteiger partial charge >= 0.3 is 5.97 Å². The SMILES string of the molecule is COC(=O)CN1C(=O)S/C(=C\c2ccc(OCc3ccccc3[N+](=O)[O-])c(OC)c2)C1=O. The van der Waals surface area contributed by atoms with Gasteiger partial charge in [0.25, 0.3) is 16.8 Å². The largest absolute Gasteiger partial charge is 0.493 e. The smallest absolute Gasteiger partial charge is 0.325 e. The minimum absolute atomic E-state index is 0.0424. The lowest BCUT2D eigenvalue weighted by Crippen LogP contribution is -2.34. The lowest BCUT2D eigenvalue weighted by molar-refractivity contribution is -0.385. The number of imide groups is 1. The van der Waals surface area contributed by atoms with Crippen LogP contribution in [0.15, 0.2) is 47.4 Å². The summed E-state index contributed by atoms with van der Waals surface area (Å²) in [6.45, 7) is -0.500.